The van der Waals surface area contributed by atoms with Gasteiger partial charge in [-0.05, 0) is 15.9 Å². The van der Waals surface area contributed by atoms with E-state index in [1.54, 1.807) is 12.4 Å². The maximum absolute atomic E-state index is 11.1. The summed E-state index contributed by atoms with van der Waals surface area (Å²) >= 11 is 3.21. The average Bonchev–Trinajstić information content (AvgIpc) is 2.19. The van der Waals surface area contributed by atoms with Crippen molar-refractivity contribution in [2.75, 3.05) is 24.5 Å². The quantitative estimate of drug-likeness (QED) is 0.779. The zero-order valence-corrected chi connectivity index (χ0v) is 8.99. The van der Waals surface area contributed by atoms with Gasteiger partial charge in [0.1, 0.15) is 10.4 Å². The van der Waals surface area contributed by atoms with Gasteiger partial charge in [0.25, 0.3) is 0 Å². The van der Waals surface area contributed by atoms with Crippen molar-refractivity contribution in [2.24, 2.45) is 0 Å². The van der Waals surface area contributed by atoms with Crippen molar-refractivity contribution < 1.29 is 4.79 Å². The third-order valence-electron chi connectivity index (χ3n) is 1.97. The van der Waals surface area contributed by atoms with Gasteiger partial charge in [-0.15, -0.1) is 0 Å². The topological polar surface area (TPSA) is 58.1 Å². The molecule has 1 amide bonds. The molecule has 0 saturated carbocycles. The number of hydrogen-bond donors (Lipinski definition) is 1. The lowest BCUT2D eigenvalue weighted by Gasteiger charge is -2.27. The first-order valence-corrected chi connectivity index (χ1v) is 5.04. The first-order chi connectivity index (χ1) is 6.75. The van der Waals surface area contributed by atoms with Gasteiger partial charge in [-0.3, -0.25) is 4.79 Å². The number of nitrogens with zero attached hydrogens (tertiary/aromatic N) is 3. The van der Waals surface area contributed by atoms with Crippen molar-refractivity contribution in [3.63, 3.8) is 0 Å². The molecule has 0 spiro atoms. The minimum Gasteiger partial charge on any atom is -0.353 e. The second-order valence-electron chi connectivity index (χ2n) is 2.97. The highest BCUT2D eigenvalue weighted by molar-refractivity contribution is 9.10. The lowest BCUT2D eigenvalue weighted by Crippen LogP contribution is -2.48. The maximum atomic E-state index is 11.1. The van der Waals surface area contributed by atoms with E-state index in [-0.39, 0.29) is 5.91 Å². The predicted octanol–water partition coefficient (Wildman–Crippen LogP) is 0.175. The summed E-state index contributed by atoms with van der Waals surface area (Å²) in [6.07, 6.45) is 3.28. The molecule has 1 aliphatic heterocycles. The fourth-order valence-electron chi connectivity index (χ4n) is 1.30. The summed E-state index contributed by atoms with van der Waals surface area (Å²) in [5.41, 5.74) is 0. The van der Waals surface area contributed by atoms with Crippen LogP contribution in [0.15, 0.2) is 17.0 Å². The molecule has 2 heterocycles. The molecule has 2 rings (SSSR count). The van der Waals surface area contributed by atoms with Crippen molar-refractivity contribution in [1.29, 1.82) is 0 Å². The highest BCUT2D eigenvalue weighted by Gasteiger charge is 2.17. The van der Waals surface area contributed by atoms with Gasteiger partial charge in [-0.2, -0.15) is 0 Å². The summed E-state index contributed by atoms with van der Waals surface area (Å²) in [6, 6.07) is 0. The first kappa shape index (κ1) is 9.39. The van der Waals surface area contributed by atoms with E-state index in [0.717, 1.165) is 12.4 Å². The van der Waals surface area contributed by atoms with Gasteiger partial charge in [-0.25, -0.2) is 9.97 Å². The SMILES string of the molecule is O=C1CN(c2cnc(Br)cn2)CCN1. The molecule has 1 aromatic heterocycles. The number of piperazine rings is 1. The van der Waals surface area contributed by atoms with Crippen LogP contribution in [-0.4, -0.2) is 35.5 Å². The fraction of sp³-hybridized carbons (Fsp3) is 0.375. The summed E-state index contributed by atoms with van der Waals surface area (Å²) in [4.78, 5) is 21.2. The van der Waals surface area contributed by atoms with Crippen LogP contribution in [-0.2, 0) is 4.79 Å². The fourth-order valence-corrected chi connectivity index (χ4v) is 1.51. The molecule has 0 aromatic carbocycles. The molecule has 0 aliphatic carbocycles. The number of halogens is 1. The van der Waals surface area contributed by atoms with Gasteiger partial charge in [0.05, 0.1) is 18.9 Å². The molecule has 5 nitrogen and oxygen atoms in total. The number of carbonyl (C=O) groups is 1. The number of amides is 1. The van der Waals surface area contributed by atoms with E-state index in [0.29, 0.717) is 17.7 Å². The Labute approximate surface area is 89.7 Å². The molecule has 0 atom stereocenters. The van der Waals surface area contributed by atoms with Gasteiger partial charge in [-0.1, -0.05) is 0 Å². The molecule has 14 heavy (non-hydrogen) atoms. The lowest BCUT2D eigenvalue weighted by atomic mass is 10.3. The van der Waals surface area contributed by atoms with E-state index in [4.69, 9.17) is 0 Å². The van der Waals surface area contributed by atoms with Gasteiger partial charge in [0.15, 0.2) is 0 Å². The van der Waals surface area contributed by atoms with Crippen molar-refractivity contribution in [3.05, 3.63) is 17.0 Å². The Morgan fingerprint density at radius 2 is 2.29 bits per heavy atom. The van der Waals surface area contributed by atoms with E-state index in [2.05, 4.69) is 31.2 Å². The molecule has 0 radical (unpaired) electrons. The molecule has 0 bridgehead atoms. The van der Waals surface area contributed by atoms with Crippen LogP contribution in [0.25, 0.3) is 0 Å². The van der Waals surface area contributed by atoms with Crippen molar-refractivity contribution in [1.82, 2.24) is 15.3 Å². The molecular weight excluding hydrogens is 248 g/mol. The van der Waals surface area contributed by atoms with Crippen LogP contribution in [0.4, 0.5) is 5.82 Å². The molecule has 1 aromatic rings. The summed E-state index contributed by atoms with van der Waals surface area (Å²) in [5, 5.41) is 2.76. The van der Waals surface area contributed by atoms with Gasteiger partial charge in [0.2, 0.25) is 5.91 Å². The van der Waals surface area contributed by atoms with E-state index in [1.807, 2.05) is 4.90 Å². The third-order valence-corrected chi connectivity index (χ3v) is 2.38. The zero-order chi connectivity index (χ0) is 9.97. The van der Waals surface area contributed by atoms with Crippen molar-refractivity contribution in [2.45, 2.75) is 0 Å². The first-order valence-electron chi connectivity index (χ1n) is 4.25. The Kier molecular flexibility index (Phi) is 2.62. The average molecular weight is 257 g/mol. The second-order valence-corrected chi connectivity index (χ2v) is 3.78. The highest BCUT2D eigenvalue weighted by Crippen LogP contribution is 2.11. The second kappa shape index (κ2) is 3.91. The van der Waals surface area contributed by atoms with Crippen LogP contribution in [0.3, 0.4) is 0 Å². The number of aromatic nitrogens is 2. The number of rotatable bonds is 1. The minimum atomic E-state index is 0.0287. The standard InChI is InChI=1S/C8H9BrN4O/c9-6-3-12-7(4-11-6)13-2-1-10-8(14)5-13/h3-4H,1-2,5H2,(H,10,14). The summed E-state index contributed by atoms with van der Waals surface area (Å²) in [5.74, 6) is 0.768. The number of hydrogen-bond acceptors (Lipinski definition) is 4. The number of anilines is 1. The summed E-state index contributed by atoms with van der Waals surface area (Å²) in [6.45, 7) is 1.80. The van der Waals surface area contributed by atoms with E-state index >= 15 is 0 Å². The molecular formula is C8H9BrN4O. The third kappa shape index (κ3) is 2.01. The lowest BCUT2D eigenvalue weighted by molar-refractivity contribution is -0.120. The molecule has 1 aliphatic rings. The van der Waals surface area contributed by atoms with Crippen LogP contribution in [0.2, 0.25) is 0 Å². The summed E-state index contributed by atoms with van der Waals surface area (Å²) < 4.78 is 0.697. The Balaban J connectivity index is 2.14. The smallest absolute Gasteiger partial charge is 0.239 e. The monoisotopic (exact) mass is 256 g/mol. The number of nitrogens with one attached hydrogen (secondary N) is 1. The normalized spacial score (nSPS) is 16.6. The molecule has 0 unspecified atom stereocenters. The number of carbonyl (C=O) groups excluding carboxylic acids is 1. The van der Waals surface area contributed by atoms with Crippen LogP contribution in [0, 0.1) is 0 Å². The molecule has 1 N–H and O–H groups in total. The van der Waals surface area contributed by atoms with Gasteiger partial charge >= 0.3 is 0 Å². The van der Waals surface area contributed by atoms with Crippen LogP contribution in [0.1, 0.15) is 0 Å². The maximum Gasteiger partial charge on any atom is 0.239 e. The molecule has 1 saturated heterocycles. The Morgan fingerprint density at radius 1 is 1.43 bits per heavy atom. The minimum absolute atomic E-state index is 0.0287. The van der Waals surface area contributed by atoms with E-state index in [9.17, 15) is 4.79 Å². The van der Waals surface area contributed by atoms with E-state index < -0.39 is 0 Å². The molecule has 6 heteroatoms. The van der Waals surface area contributed by atoms with Gasteiger partial charge in [0, 0.05) is 13.1 Å². The molecule has 74 valence electrons. The summed E-state index contributed by atoms with van der Waals surface area (Å²) in [7, 11) is 0. The van der Waals surface area contributed by atoms with Gasteiger partial charge < -0.3 is 10.2 Å². The van der Waals surface area contributed by atoms with E-state index in [1.165, 1.54) is 0 Å². The highest BCUT2D eigenvalue weighted by atomic mass is 79.9. The predicted molar refractivity (Wildman–Crippen MR) is 55.0 cm³/mol. The zero-order valence-electron chi connectivity index (χ0n) is 7.40. The van der Waals surface area contributed by atoms with Crippen LogP contribution >= 0.6 is 15.9 Å². The largest absolute Gasteiger partial charge is 0.353 e. The Morgan fingerprint density at radius 3 is 2.93 bits per heavy atom. The van der Waals surface area contributed by atoms with Crippen LogP contribution in [0.5, 0.6) is 0 Å². The Bertz CT molecular complexity index is 340. The van der Waals surface area contributed by atoms with Crippen molar-refractivity contribution >= 4 is 27.7 Å². The molecule has 1 fully saturated rings. The van der Waals surface area contributed by atoms with Crippen LogP contribution < -0.4 is 10.2 Å². The Hall–Kier alpha value is -1.17. The van der Waals surface area contributed by atoms with Crippen molar-refractivity contribution in [3.8, 4) is 0 Å².